The third-order valence-corrected chi connectivity index (χ3v) is 3.55. The highest BCUT2D eigenvalue weighted by Crippen LogP contribution is 2.26. The molecule has 1 N–H and O–H groups in total. The van der Waals surface area contributed by atoms with E-state index in [1.807, 2.05) is 37.3 Å². The highest BCUT2D eigenvalue weighted by atomic mass is 35.5. The minimum Gasteiger partial charge on any atom is -0.311 e. The fourth-order valence-electron chi connectivity index (χ4n) is 2.05. The highest BCUT2D eigenvalue weighted by molar-refractivity contribution is 6.30. The van der Waals surface area contributed by atoms with Crippen molar-refractivity contribution in [1.82, 2.24) is 9.78 Å². The van der Waals surface area contributed by atoms with Crippen LogP contribution in [0.1, 0.15) is 46.2 Å². The molecule has 0 atom stereocenters. The van der Waals surface area contributed by atoms with E-state index in [0.29, 0.717) is 17.3 Å². The van der Waals surface area contributed by atoms with Crippen molar-refractivity contribution in [3.05, 3.63) is 41.0 Å². The molecular weight excluding hydrogens is 298 g/mol. The van der Waals surface area contributed by atoms with Crippen molar-refractivity contribution in [1.29, 1.82) is 0 Å². The second kappa shape index (κ2) is 6.53. The predicted molar refractivity (Wildman–Crippen MR) is 90.8 cm³/mol. The Balaban J connectivity index is 2.43. The molecule has 0 bridgehead atoms. The Morgan fingerprint density at radius 2 is 1.91 bits per heavy atom. The van der Waals surface area contributed by atoms with E-state index in [9.17, 15) is 4.79 Å². The molecule has 1 heterocycles. The molecule has 22 heavy (non-hydrogen) atoms. The number of rotatable bonds is 4. The van der Waals surface area contributed by atoms with Crippen LogP contribution in [0.4, 0.5) is 5.82 Å². The van der Waals surface area contributed by atoms with Gasteiger partial charge in [-0.15, -0.1) is 0 Å². The van der Waals surface area contributed by atoms with Gasteiger partial charge in [-0.1, -0.05) is 39.3 Å². The molecule has 0 saturated carbocycles. The second-order valence-corrected chi connectivity index (χ2v) is 6.79. The van der Waals surface area contributed by atoms with Crippen molar-refractivity contribution in [2.75, 3.05) is 5.32 Å². The SMILES string of the molecule is CCCC(=O)Nc1cc(C(C)(C)C)nn1-c1ccc(Cl)cc1. The molecule has 0 fully saturated rings. The number of amides is 1. The molecule has 2 aromatic rings. The maximum Gasteiger partial charge on any atom is 0.225 e. The number of aromatic nitrogens is 2. The molecular formula is C17H22ClN3O. The van der Waals surface area contributed by atoms with Gasteiger partial charge < -0.3 is 5.32 Å². The molecule has 0 saturated heterocycles. The van der Waals surface area contributed by atoms with Crippen LogP contribution in [0.5, 0.6) is 0 Å². The topological polar surface area (TPSA) is 46.9 Å². The fraction of sp³-hybridized carbons (Fsp3) is 0.412. The Morgan fingerprint density at radius 3 is 2.45 bits per heavy atom. The lowest BCUT2D eigenvalue weighted by atomic mass is 9.92. The molecule has 0 radical (unpaired) electrons. The Kier molecular flexibility index (Phi) is 4.91. The van der Waals surface area contributed by atoms with Gasteiger partial charge in [0.05, 0.1) is 11.4 Å². The number of hydrogen-bond acceptors (Lipinski definition) is 2. The van der Waals surface area contributed by atoms with E-state index in [1.54, 1.807) is 4.68 Å². The number of carbonyl (C=O) groups is 1. The van der Waals surface area contributed by atoms with Gasteiger partial charge in [0.1, 0.15) is 5.82 Å². The van der Waals surface area contributed by atoms with E-state index in [1.165, 1.54) is 0 Å². The Morgan fingerprint density at radius 1 is 1.27 bits per heavy atom. The van der Waals surface area contributed by atoms with Crippen molar-refractivity contribution < 1.29 is 4.79 Å². The van der Waals surface area contributed by atoms with Crippen LogP contribution in [0.15, 0.2) is 30.3 Å². The third-order valence-electron chi connectivity index (χ3n) is 3.29. The van der Waals surface area contributed by atoms with Crippen molar-refractivity contribution in [2.45, 2.75) is 46.0 Å². The largest absolute Gasteiger partial charge is 0.311 e. The van der Waals surface area contributed by atoms with Crippen molar-refractivity contribution in [3.8, 4) is 5.69 Å². The Bertz CT molecular complexity index is 654. The zero-order chi connectivity index (χ0) is 16.3. The smallest absolute Gasteiger partial charge is 0.225 e. The lowest BCUT2D eigenvalue weighted by Crippen LogP contribution is -2.14. The molecule has 0 aliphatic heterocycles. The molecule has 5 heteroatoms. The predicted octanol–water partition coefficient (Wildman–Crippen LogP) is 4.56. The monoisotopic (exact) mass is 319 g/mol. The van der Waals surface area contributed by atoms with Crippen molar-refractivity contribution >= 4 is 23.3 Å². The average molecular weight is 320 g/mol. The highest BCUT2D eigenvalue weighted by Gasteiger charge is 2.21. The first-order valence-electron chi connectivity index (χ1n) is 7.47. The normalized spacial score (nSPS) is 11.5. The summed E-state index contributed by atoms with van der Waals surface area (Å²) < 4.78 is 1.75. The standard InChI is InChI=1S/C17H22ClN3O/c1-5-6-16(22)19-15-11-14(17(2,3)4)20-21(15)13-9-7-12(18)8-10-13/h7-11H,5-6H2,1-4H3,(H,19,22). The Labute approximate surface area is 136 Å². The first-order valence-corrected chi connectivity index (χ1v) is 7.85. The molecule has 2 rings (SSSR count). The quantitative estimate of drug-likeness (QED) is 0.897. The first kappa shape index (κ1) is 16.6. The molecule has 4 nitrogen and oxygen atoms in total. The van der Waals surface area contributed by atoms with E-state index in [-0.39, 0.29) is 11.3 Å². The number of nitrogens with zero attached hydrogens (tertiary/aromatic N) is 2. The van der Waals surface area contributed by atoms with Gasteiger partial charge in [-0.05, 0) is 30.7 Å². The van der Waals surface area contributed by atoms with Crippen LogP contribution < -0.4 is 5.32 Å². The van der Waals surface area contributed by atoms with Crippen LogP contribution in [-0.4, -0.2) is 15.7 Å². The van der Waals surface area contributed by atoms with Crippen molar-refractivity contribution in [3.63, 3.8) is 0 Å². The lowest BCUT2D eigenvalue weighted by molar-refractivity contribution is -0.116. The maximum absolute atomic E-state index is 11.9. The summed E-state index contributed by atoms with van der Waals surface area (Å²) in [5.74, 6) is 0.684. The van der Waals surface area contributed by atoms with Crippen LogP contribution in [0.3, 0.4) is 0 Å². The molecule has 1 amide bonds. The van der Waals surface area contributed by atoms with Gasteiger partial charge in [0, 0.05) is 22.9 Å². The number of carbonyl (C=O) groups excluding carboxylic acids is 1. The summed E-state index contributed by atoms with van der Waals surface area (Å²) in [6.45, 7) is 8.27. The van der Waals surface area contributed by atoms with Gasteiger partial charge in [0.25, 0.3) is 0 Å². The number of halogens is 1. The van der Waals surface area contributed by atoms with Gasteiger partial charge in [0.2, 0.25) is 5.91 Å². The minimum atomic E-state index is -0.0953. The van der Waals surface area contributed by atoms with Gasteiger partial charge >= 0.3 is 0 Å². The summed E-state index contributed by atoms with van der Waals surface area (Å²) in [6, 6.07) is 9.33. The second-order valence-electron chi connectivity index (χ2n) is 6.35. The van der Waals surface area contributed by atoms with E-state index in [2.05, 4.69) is 31.2 Å². The maximum atomic E-state index is 11.9. The van der Waals surface area contributed by atoms with Gasteiger partial charge in [-0.25, -0.2) is 4.68 Å². The Hall–Kier alpha value is -1.81. The first-order chi connectivity index (χ1) is 10.3. The molecule has 0 aliphatic rings. The summed E-state index contributed by atoms with van der Waals surface area (Å²) in [4.78, 5) is 11.9. The van der Waals surface area contributed by atoms with Gasteiger partial charge in [0.15, 0.2) is 0 Å². The van der Waals surface area contributed by atoms with E-state index in [4.69, 9.17) is 11.6 Å². The molecule has 0 spiro atoms. The molecule has 118 valence electrons. The van der Waals surface area contributed by atoms with Crippen LogP contribution in [0.2, 0.25) is 5.02 Å². The zero-order valence-corrected chi connectivity index (χ0v) is 14.2. The van der Waals surface area contributed by atoms with Crippen LogP contribution in [0.25, 0.3) is 5.69 Å². The summed E-state index contributed by atoms with van der Waals surface area (Å²) in [7, 11) is 0. The molecule has 1 aromatic heterocycles. The summed E-state index contributed by atoms with van der Waals surface area (Å²) in [6.07, 6.45) is 1.31. The van der Waals surface area contributed by atoms with Crippen molar-refractivity contribution in [2.24, 2.45) is 0 Å². The van der Waals surface area contributed by atoms with Gasteiger partial charge in [-0.3, -0.25) is 4.79 Å². The fourth-order valence-corrected chi connectivity index (χ4v) is 2.17. The lowest BCUT2D eigenvalue weighted by Gasteiger charge is -2.14. The molecule has 0 aliphatic carbocycles. The van der Waals surface area contributed by atoms with Crippen LogP contribution in [0, 0.1) is 0 Å². The number of benzene rings is 1. The minimum absolute atomic E-state index is 0.00178. The summed E-state index contributed by atoms with van der Waals surface area (Å²) in [5, 5.41) is 8.27. The summed E-state index contributed by atoms with van der Waals surface area (Å²) >= 11 is 5.94. The number of anilines is 1. The zero-order valence-electron chi connectivity index (χ0n) is 13.5. The molecule has 0 unspecified atom stereocenters. The third kappa shape index (κ3) is 3.89. The number of nitrogens with one attached hydrogen (secondary N) is 1. The van der Waals surface area contributed by atoms with Crippen LogP contribution >= 0.6 is 11.6 Å². The molecule has 1 aromatic carbocycles. The van der Waals surface area contributed by atoms with Gasteiger partial charge in [-0.2, -0.15) is 5.10 Å². The van der Waals surface area contributed by atoms with E-state index in [0.717, 1.165) is 17.8 Å². The van der Waals surface area contributed by atoms with E-state index < -0.39 is 0 Å². The van der Waals surface area contributed by atoms with E-state index >= 15 is 0 Å². The summed E-state index contributed by atoms with van der Waals surface area (Å²) in [5.41, 5.74) is 1.70. The average Bonchev–Trinajstić information content (AvgIpc) is 2.83. The van der Waals surface area contributed by atoms with Crippen LogP contribution in [-0.2, 0) is 10.2 Å². The number of hydrogen-bond donors (Lipinski definition) is 1.